The Morgan fingerprint density at radius 1 is 1.35 bits per heavy atom. The van der Waals surface area contributed by atoms with E-state index < -0.39 is 0 Å². The van der Waals surface area contributed by atoms with Crippen molar-refractivity contribution >= 4 is 28.7 Å². The lowest BCUT2D eigenvalue weighted by Gasteiger charge is -2.33. The van der Waals surface area contributed by atoms with Crippen LogP contribution < -0.4 is 15.5 Å². The van der Waals surface area contributed by atoms with Gasteiger partial charge in [0.05, 0.1) is 42.6 Å². The zero-order valence-electron chi connectivity index (χ0n) is 17.8. The molecule has 1 aliphatic rings. The van der Waals surface area contributed by atoms with Crippen LogP contribution >= 0.6 is 0 Å². The molecule has 0 aliphatic carbocycles. The molecule has 2 amide bonds. The number of hydrogen-bond acceptors (Lipinski definition) is 7. The number of H-pyrrole nitrogens is 1. The first-order valence-electron chi connectivity index (χ1n) is 10.3. The molecule has 3 aromatic rings. The lowest BCUT2D eigenvalue weighted by atomic mass is 10.0. The minimum atomic E-state index is -0.283. The van der Waals surface area contributed by atoms with Crippen molar-refractivity contribution < 1.29 is 14.6 Å². The van der Waals surface area contributed by atoms with Gasteiger partial charge in [0, 0.05) is 30.8 Å². The smallest absolute Gasteiger partial charge is 0.318 e. The van der Waals surface area contributed by atoms with Gasteiger partial charge in [-0.1, -0.05) is 19.1 Å². The van der Waals surface area contributed by atoms with Crippen molar-refractivity contribution in [3.05, 3.63) is 30.0 Å². The molecule has 0 bridgehead atoms. The number of rotatable bonds is 5. The second kappa shape index (κ2) is 8.86. The highest BCUT2D eigenvalue weighted by Gasteiger charge is 2.25. The van der Waals surface area contributed by atoms with Crippen LogP contribution in [0.2, 0.25) is 0 Å². The van der Waals surface area contributed by atoms with E-state index >= 15 is 0 Å². The standard InChI is InChI=1S/C21H27N7O3/c1-12(10-29)17-16-18(14-4-6-15(7-5-14)23-21(30)22-3)24-20(25-19(16)27-26-17)28-8-9-31-11-13(28)2/h4-7,12-13,29H,8-11H2,1-3H3,(H2,22,23,30)(H,24,25,26,27)/t12?,13-/m0/s1. The van der Waals surface area contributed by atoms with Crippen molar-refractivity contribution in [1.29, 1.82) is 0 Å². The van der Waals surface area contributed by atoms with Crippen molar-refractivity contribution in [2.24, 2.45) is 0 Å². The third-order valence-electron chi connectivity index (χ3n) is 5.46. The minimum absolute atomic E-state index is 0.0199. The number of hydrogen-bond donors (Lipinski definition) is 4. The maximum absolute atomic E-state index is 11.6. The Kier molecular flexibility index (Phi) is 6.01. The molecule has 31 heavy (non-hydrogen) atoms. The number of benzene rings is 1. The summed E-state index contributed by atoms with van der Waals surface area (Å²) < 4.78 is 5.55. The van der Waals surface area contributed by atoms with Crippen LogP contribution in [0.25, 0.3) is 22.3 Å². The van der Waals surface area contributed by atoms with Crippen LogP contribution in [-0.2, 0) is 4.74 Å². The molecule has 1 aliphatic heterocycles. The third-order valence-corrected chi connectivity index (χ3v) is 5.46. The van der Waals surface area contributed by atoms with E-state index in [2.05, 4.69) is 32.7 Å². The second-order valence-electron chi connectivity index (χ2n) is 7.69. The molecular weight excluding hydrogens is 398 g/mol. The summed E-state index contributed by atoms with van der Waals surface area (Å²) in [6.45, 7) is 5.91. The van der Waals surface area contributed by atoms with Crippen LogP contribution in [0.1, 0.15) is 25.5 Å². The highest BCUT2D eigenvalue weighted by Crippen LogP contribution is 2.33. The van der Waals surface area contributed by atoms with Crippen LogP contribution in [0.5, 0.6) is 0 Å². The number of carbonyl (C=O) groups is 1. The van der Waals surface area contributed by atoms with Gasteiger partial charge >= 0.3 is 6.03 Å². The molecule has 1 fully saturated rings. The summed E-state index contributed by atoms with van der Waals surface area (Å²) >= 11 is 0. The van der Waals surface area contributed by atoms with Crippen molar-refractivity contribution in [1.82, 2.24) is 25.5 Å². The number of morpholine rings is 1. The van der Waals surface area contributed by atoms with Gasteiger partial charge in [-0.05, 0) is 19.1 Å². The van der Waals surface area contributed by atoms with Gasteiger partial charge in [0.1, 0.15) is 0 Å². The number of carbonyl (C=O) groups excluding carboxylic acids is 1. The molecule has 2 aromatic heterocycles. The second-order valence-corrected chi connectivity index (χ2v) is 7.69. The van der Waals surface area contributed by atoms with Crippen molar-refractivity contribution in [3.8, 4) is 11.3 Å². The van der Waals surface area contributed by atoms with E-state index in [-0.39, 0.29) is 24.6 Å². The molecule has 1 aromatic carbocycles. The third kappa shape index (κ3) is 4.17. The molecule has 0 spiro atoms. The number of anilines is 2. The van der Waals surface area contributed by atoms with E-state index in [0.29, 0.717) is 37.0 Å². The average Bonchev–Trinajstić information content (AvgIpc) is 3.23. The van der Waals surface area contributed by atoms with Gasteiger partial charge in [0.15, 0.2) is 5.65 Å². The number of amides is 2. The number of fused-ring (bicyclic) bond motifs is 1. The van der Waals surface area contributed by atoms with E-state index in [1.54, 1.807) is 7.05 Å². The number of urea groups is 1. The fourth-order valence-electron chi connectivity index (χ4n) is 3.65. The summed E-state index contributed by atoms with van der Waals surface area (Å²) in [5, 5.41) is 23.2. The lowest BCUT2D eigenvalue weighted by molar-refractivity contribution is 0.0981. The lowest BCUT2D eigenvalue weighted by Crippen LogP contribution is -2.44. The molecule has 2 atom stereocenters. The Balaban J connectivity index is 1.82. The highest BCUT2D eigenvalue weighted by atomic mass is 16.5. The van der Waals surface area contributed by atoms with Crippen molar-refractivity contribution in [2.45, 2.75) is 25.8 Å². The number of aromatic nitrogens is 4. The molecule has 4 N–H and O–H groups in total. The zero-order valence-corrected chi connectivity index (χ0v) is 17.8. The van der Waals surface area contributed by atoms with Gasteiger partial charge in [-0.15, -0.1) is 0 Å². The molecule has 1 unspecified atom stereocenters. The summed E-state index contributed by atoms with van der Waals surface area (Å²) in [6.07, 6.45) is 0. The monoisotopic (exact) mass is 425 g/mol. The van der Waals surface area contributed by atoms with Gasteiger partial charge in [0.25, 0.3) is 0 Å². The fraction of sp³-hybridized carbons (Fsp3) is 0.429. The molecule has 0 saturated carbocycles. The number of aromatic amines is 1. The Hall–Kier alpha value is -3.24. The van der Waals surface area contributed by atoms with Gasteiger partial charge in [-0.3, -0.25) is 5.10 Å². The summed E-state index contributed by atoms with van der Waals surface area (Å²) in [5.74, 6) is 0.454. The average molecular weight is 425 g/mol. The molecule has 164 valence electrons. The topological polar surface area (TPSA) is 128 Å². The predicted molar refractivity (Wildman–Crippen MR) is 118 cm³/mol. The van der Waals surface area contributed by atoms with Crippen molar-refractivity contribution in [2.75, 3.05) is 43.6 Å². The normalized spacial score (nSPS) is 17.5. The largest absolute Gasteiger partial charge is 0.396 e. The van der Waals surface area contributed by atoms with Gasteiger partial charge < -0.3 is 25.4 Å². The van der Waals surface area contributed by atoms with E-state index in [4.69, 9.17) is 14.7 Å². The fourth-order valence-corrected chi connectivity index (χ4v) is 3.65. The van der Waals surface area contributed by atoms with Crippen molar-refractivity contribution in [3.63, 3.8) is 0 Å². The summed E-state index contributed by atoms with van der Waals surface area (Å²) in [6, 6.07) is 7.32. The van der Waals surface area contributed by atoms with Crippen LogP contribution in [0.3, 0.4) is 0 Å². The zero-order chi connectivity index (χ0) is 22.0. The Bertz CT molecular complexity index is 1070. The molecule has 10 heteroatoms. The molecule has 3 heterocycles. The molecular formula is C21H27N7O3. The van der Waals surface area contributed by atoms with E-state index in [1.807, 2.05) is 31.2 Å². The summed E-state index contributed by atoms with van der Waals surface area (Å²) in [4.78, 5) is 23.3. The molecule has 4 rings (SSSR count). The van der Waals surface area contributed by atoms with Gasteiger partial charge in [-0.2, -0.15) is 10.1 Å². The van der Waals surface area contributed by atoms with Gasteiger partial charge in [0.2, 0.25) is 5.95 Å². The van der Waals surface area contributed by atoms with Gasteiger partial charge in [-0.25, -0.2) is 9.78 Å². The Morgan fingerprint density at radius 2 is 2.13 bits per heavy atom. The summed E-state index contributed by atoms with van der Waals surface area (Å²) in [7, 11) is 1.57. The van der Waals surface area contributed by atoms with E-state index in [9.17, 15) is 9.90 Å². The van der Waals surface area contributed by atoms with Crippen LogP contribution in [0.15, 0.2) is 24.3 Å². The Labute approximate surface area is 180 Å². The number of aliphatic hydroxyl groups is 1. The highest BCUT2D eigenvalue weighted by molar-refractivity contribution is 5.94. The molecule has 1 saturated heterocycles. The maximum atomic E-state index is 11.6. The first kappa shape index (κ1) is 21.0. The maximum Gasteiger partial charge on any atom is 0.318 e. The first-order valence-corrected chi connectivity index (χ1v) is 10.3. The quantitative estimate of drug-likeness (QED) is 0.493. The molecule has 0 radical (unpaired) electrons. The first-order chi connectivity index (χ1) is 15.0. The number of aliphatic hydroxyl groups excluding tert-OH is 1. The number of nitrogens with zero attached hydrogens (tertiary/aromatic N) is 4. The van der Waals surface area contributed by atoms with Crippen LogP contribution in [-0.4, -0.2) is 70.8 Å². The van der Waals surface area contributed by atoms with E-state index in [1.165, 1.54) is 0 Å². The van der Waals surface area contributed by atoms with E-state index in [0.717, 1.165) is 22.3 Å². The predicted octanol–water partition coefficient (Wildman–Crippen LogP) is 2.09. The number of nitrogens with one attached hydrogen (secondary N) is 3. The summed E-state index contributed by atoms with van der Waals surface area (Å²) in [5.41, 5.74) is 3.62. The minimum Gasteiger partial charge on any atom is -0.396 e. The molecule has 10 nitrogen and oxygen atoms in total. The number of ether oxygens (including phenoxy) is 1. The van der Waals surface area contributed by atoms with Crippen LogP contribution in [0, 0.1) is 0 Å². The van der Waals surface area contributed by atoms with Crippen LogP contribution in [0.4, 0.5) is 16.4 Å². The SMILES string of the molecule is CNC(=O)Nc1ccc(-c2nc(N3CCOC[C@@H]3C)nc3n[nH]c(C(C)CO)c23)cc1. The Morgan fingerprint density at radius 3 is 2.81 bits per heavy atom.